The second-order valence-corrected chi connectivity index (χ2v) is 7.19. The largest absolute Gasteiger partial charge is 0.317 e. The third-order valence-electron chi connectivity index (χ3n) is 3.79. The maximum atomic E-state index is 12.3. The smallest absolute Gasteiger partial charge is 0.245 e. The Bertz CT molecular complexity index is 466. The van der Waals surface area contributed by atoms with Gasteiger partial charge in [0.25, 0.3) is 0 Å². The molecule has 1 amide bonds. The van der Waals surface area contributed by atoms with Crippen LogP contribution in [0.1, 0.15) is 58.6 Å². The second-order valence-electron chi connectivity index (χ2n) is 7.19. The second kappa shape index (κ2) is 5.56. The lowest BCUT2D eigenvalue weighted by Gasteiger charge is -2.31. The molecule has 0 atom stereocenters. The number of hydrogen-bond acceptors (Lipinski definition) is 3. The molecule has 0 saturated heterocycles. The number of nitrogens with zero attached hydrogens (tertiary/aromatic N) is 1. The van der Waals surface area contributed by atoms with E-state index in [4.69, 9.17) is 5.73 Å². The van der Waals surface area contributed by atoms with Gasteiger partial charge >= 0.3 is 0 Å². The van der Waals surface area contributed by atoms with Crippen LogP contribution in [0, 0.1) is 5.41 Å². The number of carbonyl (C=O) groups is 1. The van der Waals surface area contributed by atoms with Gasteiger partial charge in [0.2, 0.25) is 5.91 Å². The van der Waals surface area contributed by atoms with Crippen molar-refractivity contribution in [3.8, 4) is 0 Å². The minimum atomic E-state index is -0.721. The van der Waals surface area contributed by atoms with Gasteiger partial charge in [-0.1, -0.05) is 40.0 Å². The number of anilines is 1. The average Bonchev–Trinajstić information content (AvgIpc) is 2.75. The summed E-state index contributed by atoms with van der Waals surface area (Å²) in [7, 11) is 0. The Morgan fingerprint density at radius 3 is 2.65 bits per heavy atom. The molecular formula is C15H26N4O. The van der Waals surface area contributed by atoms with E-state index in [0.29, 0.717) is 5.82 Å². The van der Waals surface area contributed by atoms with E-state index in [2.05, 4.69) is 36.3 Å². The first-order valence-electron chi connectivity index (χ1n) is 7.43. The van der Waals surface area contributed by atoms with E-state index < -0.39 is 5.54 Å². The molecule has 0 unspecified atom stereocenters. The van der Waals surface area contributed by atoms with Gasteiger partial charge in [-0.05, 0) is 24.7 Å². The molecule has 1 fully saturated rings. The Hall–Kier alpha value is -1.36. The predicted octanol–water partition coefficient (Wildman–Crippen LogP) is 2.60. The third kappa shape index (κ3) is 3.82. The van der Waals surface area contributed by atoms with E-state index in [1.807, 2.05) is 6.07 Å². The molecule has 0 aromatic carbocycles. The molecule has 1 heterocycles. The quantitative estimate of drug-likeness (QED) is 0.794. The van der Waals surface area contributed by atoms with E-state index in [9.17, 15) is 4.79 Å². The number of nitrogens with two attached hydrogens (primary N) is 1. The minimum Gasteiger partial charge on any atom is -0.317 e. The van der Waals surface area contributed by atoms with Gasteiger partial charge in [-0.15, -0.1) is 0 Å². The number of nitrogens with one attached hydrogen (secondary N) is 2. The molecule has 4 N–H and O–H groups in total. The Balaban J connectivity index is 1.98. The molecule has 2 rings (SSSR count). The van der Waals surface area contributed by atoms with E-state index in [1.54, 1.807) is 0 Å². The molecule has 1 aliphatic carbocycles. The van der Waals surface area contributed by atoms with Crippen LogP contribution in [-0.4, -0.2) is 21.6 Å². The van der Waals surface area contributed by atoms with Crippen LogP contribution in [0.5, 0.6) is 0 Å². The normalized spacial score (nSPS) is 18.8. The van der Waals surface area contributed by atoms with E-state index in [-0.39, 0.29) is 11.3 Å². The maximum Gasteiger partial charge on any atom is 0.245 e. The van der Waals surface area contributed by atoms with Crippen LogP contribution in [0.3, 0.4) is 0 Å². The molecule has 0 aliphatic heterocycles. The zero-order valence-corrected chi connectivity index (χ0v) is 12.8. The van der Waals surface area contributed by atoms with Crippen molar-refractivity contribution in [3.63, 3.8) is 0 Å². The van der Waals surface area contributed by atoms with Crippen molar-refractivity contribution in [2.75, 3.05) is 5.32 Å². The standard InChI is InChI=1S/C15H26N4O/c1-14(2,3)10-11-9-12(19-18-11)17-13(20)15(16)7-5-4-6-8-15/h9H,4-8,10,16H2,1-3H3,(H2,17,18,19,20). The van der Waals surface area contributed by atoms with Crippen molar-refractivity contribution in [1.82, 2.24) is 10.2 Å². The monoisotopic (exact) mass is 278 g/mol. The fourth-order valence-electron chi connectivity index (χ4n) is 2.74. The molecule has 1 aromatic rings. The van der Waals surface area contributed by atoms with Crippen LogP contribution < -0.4 is 11.1 Å². The van der Waals surface area contributed by atoms with Gasteiger partial charge < -0.3 is 11.1 Å². The molecule has 1 saturated carbocycles. The number of hydrogen-bond donors (Lipinski definition) is 3. The molecule has 0 bridgehead atoms. The molecular weight excluding hydrogens is 252 g/mol. The number of aromatic nitrogens is 2. The molecule has 112 valence electrons. The summed E-state index contributed by atoms with van der Waals surface area (Å²) in [6.45, 7) is 6.51. The van der Waals surface area contributed by atoms with Gasteiger partial charge in [-0.2, -0.15) is 5.10 Å². The van der Waals surface area contributed by atoms with Gasteiger partial charge in [0, 0.05) is 11.8 Å². The molecule has 0 radical (unpaired) electrons. The molecule has 1 aromatic heterocycles. The highest BCUT2D eigenvalue weighted by atomic mass is 16.2. The summed E-state index contributed by atoms with van der Waals surface area (Å²) in [5.74, 6) is 0.468. The van der Waals surface area contributed by atoms with Gasteiger partial charge in [0.05, 0.1) is 5.54 Å². The Kier molecular flexibility index (Phi) is 4.18. The molecule has 5 heteroatoms. The Morgan fingerprint density at radius 2 is 2.05 bits per heavy atom. The fourth-order valence-corrected chi connectivity index (χ4v) is 2.74. The van der Waals surface area contributed by atoms with Crippen LogP contribution in [0.15, 0.2) is 6.07 Å². The van der Waals surface area contributed by atoms with Gasteiger partial charge in [0.15, 0.2) is 5.82 Å². The third-order valence-corrected chi connectivity index (χ3v) is 3.79. The van der Waals surface area contributed by atoms with E-state index >= 15 is 0 Å². The van der Waals surface area contributed by atoms with Crippen LogP contribution >= 0.6 is 0 Å². The minimum absolute atomic E-state index is 0.106. The summed E-state index contributed by atoms with van der Waals surface area (Å²) in [6, 6.07) is 1.90. The lowest BCUT2D eigenvalue weighted by Crippen LogP contribution is -2.52. The average molecular weight is 278 g/mol. The van der Waals surface area contributed by atoms with Crippen LogP contribution in [0.2, 0.25) is 0 Å². The lowest BCUT2D eigenvalue weighted by atomic mass is 9.82. The topological polar surface area (TPSA) is 83.8 Å². The van der Waals surface area contributed by atoms with Crippen LogP contribution in [-0.2, 0) is 11.2 Å². The molecule has 1 aliphatic rings. The number of H-pyrrole nitrogens is 1. The van der Waals surface area contributed by atoms with Crippen molar-refractivity contribution in [2.24, 2.45) is 11.1 Å². The summed E-state index contributed by atoms with van der Waals surface area (Å²) in [5.41, 5.74) is 6.71. The highest BCUT2D eigenvalue weighted by molar-refractivity contribution is 5.97. The predicted molar refractivity (Wildman–Crippen MR) is 80.4 cm³/mol. The molecule has 20 heavy (non-hydrogen) atoms. The highest BCUT2D eigenvalue weighted by Gasteiger charge is 2.35. The van der Waals surface area contributed by atoms with Crippen molar-refractivity contribution in [1.29, 1.82) is 0 Å². The lowest BCUT2D eigenvalue weighted by molar-refractivity contribution is -0.122. The zero-order chi connectivity index (χ0) is 14.8. The summed E-state index contributed by atoms with van der Waals surface area (Å²) < 4.78 is 0. The Labute approximate surface area is 120 Å². The summed E-state index contributed by atoms with van der Waals surface area (Å²) in [4.78, 5) is 12.3. The first kappa shape index (κ1) is 15.0. The van der Waals surface area contributed by atoms with Gasteiger partial charge in [-0.25, -0.2) is 0 Å². The van der Waals surface area contributed by atoms with Gasteiger partial charge in [0.1, 0.15) is 0 Å². The number of amides is 1. The highest BCUT2D eigenvalue weighted by Crippen LogP contribution is 2.27. The van der Waals surface area contributed by atoms with E-state index in [1.165, 1.54) is 6.42 Å². The first-order chi connectivity index (χ1) is 9.28. The first-order valence-corrected chi connectivity index (χ1v) is 7.43. The van der Waals surface area contributed by atoms with Crippen molar-refractivity contribution in [3.05, 3.63) is 11.8 Å². The summed E-state index contributed by atoms with van der Waals surface area (Å²) in [5, 5.41) is 9.98. The van der Waals surface area contributed by atoms with Gasteiger partial charge in [-0.3, -0.25) is 9.89 Å². The SMILES string of the molecule is CC(C)(C)Cc1cc(NC(=O)C2(N)CCCCC2)n[nH]1. The number of carbonyl (C=O) groups excluding carboxylic acids is 1. The fraction of sp³-hybridized carbons (Fsp3) is 0.733. The molecule has 5 nitrogen and oxygen atoms in total. The Morgan fingerprint density at radius 1 is 1.40 bits per heavy atom. The maximum absolute atomic E-state index is 12.3. The zero-order valence-electron chi connectivity index (χ0n) is 12.8. The van der Waals surface area contributed by atoms with Crippen molar-refractivity contribution in [2.45, 2.75) is 64.8 Å². The molecule has 0 spiro atoms. The van der Waals surface area contributed by atoms with E-state index in [0.717, 1.165) is 37.8 Å². The van der Waals surface area contributed by atoms with Crippen LogP contribution in [0.25, 0.3) is 0 Å². The number of aromatic amines is 1. The van der Waals surface area contributed by atoms with Crippen molar-refractivity contribution < 1.29 is 4.79 Å². The van der Waals surface area contributed by atoms with Crippen molar-refractivity contribution >= 4 is 11.7 Å². The van der Waals surface area contributed by atoms with Crippen LogP contribution in [0.4, 0.5) is 5.82 Å². The number of rotatable bonds is 3. The summed E-state index contributed by atoms with van der Waals surface area (Å²) >= 11 is 0. The summed E-state index contributed by atoms with van der Waals surface area (Å²) in [6.07, 6.45) is 5.64.